The summed E-state index contributed by atoms with van der Waals surface area (Å²) in [5.74, 6) is -0.652. The third kappa shape index (κ3) is 7.37. The molecule has 0 bridgehead atoms. The molecule has 5 rings (SSSR count). The topological polar surface area (TPSA) is 96.3 Å². The minimum absolute atomic E-state index is 0.0808. The summed E-state index contributed by atoms with van der Waals surface area (Å²) in [6.07, 6.45) is 1.86. The van der Waals surface area contributed by atoms with E-state index in [0.717, 1.165) is 17.1 Å². The van der Waals surface area contributed by atoms with Crippen molar-refractivity contribution < 1.29 is 14.4 Å². The van der Waals surface area contributed by atoms with Crippen molar-refractivity contribution in [3.05, 3.63) is 82.7 Å². The molecule has 48 heavy (non-hydrogen) atoms. The fourth-order valence-electron chi connectivity index (χ4n) is 7.03. The second kappa shape index (κ2) is 12.8. The van der Waals surface area contributed by atoms with Crippen molar-refractivity contribution in [2.45, 2.75) is 130 Å². The van der Waals surface area contributed by atoms with E-state index >= 15 is 0 Å². The molecule has 1 saturated heterocycles. The Hall–Kier alpha value is -3.94. The Balaban J connectivity index is 1.59. The van der Waals surface area contributed by atoms with Crippen LogP contribution >= 0.6 is 0 Å². The van der Waals surface area contributed by atoms with Crippen LogP contribution in [-0.2, 0) is 38.1 Å². The van der Waals surface area contributed by atoms with Gasteiger partial charge in [-0.25, -0.2) is 4.68 Å². The maximum Gasteiger partial charge on any atom is 0.247 e. The molecule has 0 radical (unpaired) electrons. The van der Waals surface area contributed by atoms with Crippen LogP contribution in [0.15, 0.2) is 54.6 Å². The normalized spacial score (nSPS) is 19.8. The average Bonchev–Trinajstić information content (AvgIpc) is 3.61. The van der Waals surface area contributed by atoms with Gasteiger partial charge in [0, 0.05) is 22.1 Å². The number of hydrogen-bond donors (Lipinski definition) is 2. The van der Waals surface area contributed by atoms with Crippen LogP contribution in [0.4, 0.5) is 0 Å². The zero-order valence-corrected chi connectivity index (χ0v) is 30.8. The second-order valence-electron chi connectivity index (χ2n) is 17.4. The van der Waals surface area contributed by atoms with Crippen molar-refractivity contribution in [1.82, 2.24) is 25.3 Å². The summed E-state index contributed by atoms with van der Waals surface area (Å²) in [6, 6.07) is 15.7. The highest BCUT2D eigenvalue weighted by Crippen LogP contribution is 2.36. The molecule has 2 aromatic carbocycles. The fourth-order valence-corrected chi connectivity index (χ4v) is 7.03. The molecule has 2 aliphatic rings. The van der Waals surface area contributed by atoms with E-state index in [1.165, 1.54) is 11.1 Å². The predicted octanol–water partition coefficient (Wildman–Crippen LogP) is 6.58. The van der Waals surface area contributed by atoms with Crippen molar-refractivity contribution >= 4 is 17.7 Å². The standard InChI is InChI=1S/C40H55N5O3/c1-24(2)20-30-35(46)41-33(28-21-26-14-12-13-15-27(26)22-28)37(48)44(30)34(36(47)42-40(9,10)11)25-16-18-29(19-17-25)45-32(39(6,7)8)23-31(43-45)38(3,4)5/h12-19,23-24,28,30,33-34H,20-22H2,1-11H3,(H,41,46)(H,42,47)/t30-,33?,34-/m1/s1. The van der Waals surface area contributed by atoms with Crippen molar-refractivity contribution in [2.75, 3.05) is 0 Å². The van der Waals surface area contributed by atoms with Crippen LogP contribution in [0.3, 0.4) is 0 Å². The van der Waals surface area contributed by atoms with Crippen LogP contribution in [0.25, 0.3) is 5.69 Å². The van der Waals surface area contributed by atoms with E-state index in [-0.39, 0.29) is 40.4 Å². The molecule has 0 saturated carbocycles. The number of nitrogens with zero attached hydrogens (tertiary/aromatic N) is 3. The van der Waals surface area contributed by atoms with E-state index < -0.39 is 23.7 Å². The molecule has 1 unspecified atom stereocenters. The Morgan fingerprint density at radius 3 is 1.98 bits per heavy atom. The van der Waals surface area contributed by atoms with Crippen molar-refractivity contribution in [2.24, 2.45) is 11.8 Å². The number of nitrogens with one attached hydrogen (secondary N) is 2. The number of benzene rings is 2. The molecule has 0 spiro atoms. The summed E-state index contributed by atoms with van der Waals surface area (Å²) < 4.78 is 1.99. The summed E-state index contributed by atoms with van der Waals surface area (Å²) in [7, 11) is 0. The maximum atomic E-state index is 14.7. The van der Waals surface area contributed by atoms with E-state index in [4.69, 9.17) is 5.10 Å². The van der Waals surface area contributed by atoms with Crippen molar-refractivity contribution in [1.29, 1.82) is 0 Å². The monoisotopic (exact) mass is 653 g/mol. The summed E-state index contributed by atoms with van der Waals surface area (Å²) >= 11 is 0. The molecule has 1 aromatic heterocycles. The molecule has 3 atom stereocenters. The Morgan fingerprint density at radius 2 is 1.48 bits per heavy atom. The molecule has 3 amide bonds. The van der Waals surface area contributed by atoms with Crippen molar-refractivity contribution in [3.63, 3.8) is 0 Å². The zero-order chi connectivity index (χ0) is 35.3. The van der Waals surface area contributed by atoms with Gasteiger partial charge in [-0.1, -0.05) is 91.8 Å². The van der Waals surface area contributed by atoms with Gasteiger partial charge in [0.2, 0.25) is 17.7 Å². The highest BCUT2D eigenvalue weighted by molar-refractivity contribution is 6.00. The first-order chi connectivity index (χ1) is 22.2. The SMILES string of the molecule is CC(C)C[C@@H]1C(=O)NC(C2Cc3ccccc3C2)C(=O)N1[C@@H](C(=O)NC(C)(C)C)c1ccc(-n2nc(C(C)(C)C)cc2C(C)(C)C)cc1. The van der Waals surface area contributed by atoms with Gasteiger partial charge in [0.05, 0.1) is 11.4 Å². The van der Waals surface area contributed by atoms with Gasteiger partial charge in [0.15, 0.2) is 0 Å². The molecular formula is C40H55N5O3. The predicted molar refractivity (Wildman–Crippen MR) is 191 cm³/mol. The van der Waals surface area contributed by atoms with Gasteiger partial charge in [-0.2, -0.15) is 5.10 Å². The second-order valence-corrected chi connectivity index (χ2v) is 17.4. The van der Waals surface area contributed by atoms with Crippen molar-refractivity contribution in [3.8, 4) is 5.69 Å². The third-order valence-electron chi connectivity index (χ3n) is 9.43. The van der Waals surface area contributed by atoms with Gasteiger partial charge in [-0.05, 0) is 86.8 Å². The summed E-state index contributed by atoms with van der Waals surface area (Å²) in [6.45, 7) is 22.9. The molecule has 2 heterocycles. The molecule has 1 aliphatic carbocycles. The quantitative estimate of drug-likeness (QED) is 0.301. The Bertz CT molecular complexity index is 1640. The van der Waals surface area contributed by atoms with Crippen LogP contribution < -0.4 is 10.6 Å². The summed E-state index contributed by atoms with van der Waals surface area (Å²) in [4.78, 5) is 44.7. The van der Waals surface area contributed by atoms with Crippen LogP contribution in [0.1, 0.15) is 117 Å². The number of hydrogen-bond acceptors (Lipinski definition) is 4. The largest absolute Gasteiger partial charge is 0.349 e. The van der Waals surface area contributed by atoms with E-state index in [9.17, 15) is 14.4 Å². The number of carbonyl (C=O) groups is 3. The maximum absolute atomic E-state index is 14.7. The Morgan fingerprint density at radius 1 is 0.896 bits per heavy atom. The molecule has 3 aromatic rings. The number of fused-ring (bicyclic) bond motifs is 1. The highest BCUT2D eigenvalue weighted by atomic mass is 16.2. The number of rotatable bonds is 7. The molecular weight excluding hydrogens is 598 g/mol. The van der Waals surface area contributed by atoms with Crippen LogP contribution in [0, 0.1) is 11.8 Å². The number of amides is 3. The Kier molecular flexibility index (Phi) is 9.45. The molecule has 8 heteroatoms. The van der Waals surface area contributed by atoms with E-state index in [0.29, 0.717) is 24.8 Å². The van der Waals surface area contributed by atoms with Gasteiger partial charge in [-0.15, -0.1) is 0 Å². The van der Waals surface area contributed by atoms with Gasteiger partial charge >= 0.3 is 0 Å². The van der Waals surface area contributed by atoms with Crippen LogP contribution in [-0.4, -0.2) is 50.0 Å². The van der Waals surface area contributed by atoms with Gasteiger partial charge < -0.3 is 15.5 Å². The Labute approximate surface area is 287 Å². The summed E-state index contributed by atoms with van der Waals surface area (Å²) in [5, 5.41) is 11.3. The minimum Gasteiger partial charge on any atom is -0.349 e. The van der Waals surface area contributed by atoms with E-state index in [1.807, 2.05) is 75.7 Å². The lowest BCUT2D eigenvalue weighted by atomic mass is 9.87. The number of piperazine rings is 1. The van der Waals surface area contributed by atoms with Gasteiger partial charge in [0.1, 0.15) is 18.1 Å². The van der Waals surface area contributed by atoms with E-state index in [2.05, 4.69) is 70.4 Å². The smallest absolute Gasteiger partial charge is 0.247 e. The third-order valence-corrected chi connectivity index (χ3v) is 9.43. The lowest BCUT2D eigenvalue weighted by Gasteiger charge is -2.45. The first-order valence-corrected chi connectivity index (χ1v) is 17.5. The first kappa shape index (κ1) is 35.4. The van der Waals surface area contributed by atoms with Gasteiger partial charge in [0.25, 0.3) is 0 Å². The fraction of sp³-hybridized carbons (Fsp3) is 0.550. The lowest BCUT2D eigenvalue weighted by molar-refractivity contribution is -0.158. The minimum atomic E-state index is -0.989. The van der Waals surface area contributed by atoms with Gasteiger partial charge in [-0.3, -0.25) is 14.4 Å². The average molecular weight is 654 g/mol. The first-order valence-electron chi connectivity index (χ1n) is 17.5. The molecule has 8 nitrogen and oxygen atoms in total. The summed E-state index contributed by atoms with van der Waals surface area (Å²) in [5.41, 5.74) is 5.21. The highest BCUT2D eigenvalue weighted by Gasteiger charge is 2.49. The molecule has 2 N–H and O–H groups in total. The lowest BCUT2D eigenvalue weighted by Crippen LogP contribution is -2.67. The van der Waals surface area contributed by atoms with Crippen LogP contribution in [0.5, 0.6) is 0 Å². The molecule has 258 valence electrons. The number of aromatic nitrogens is 2. The molecule has 1 aliphatic heterocycles. The van der Waals surface area contributed by atoms with E-state index in [1.54, 1.807) is 4.90 Å². The molecule has 1 fully saturated rings. The number of carbonyl (C=O) groups excluding carboxylic acids is 3. The van der Waals surface area contributed by atoms with Crippen LogP contribution in [0.2, 0.25) is 0 Å². The zero-order valence-electron chi connectivity index (χ0n) is 30.8.